The standard InChI is InChI=1S/C10H16N4O2S/c1-10(2,16)6-14(7-3-4-7)9(15)12-8-5-11-13-17-8/h5,7,16H,3-4,6H2,1-2H3,(H,12,15). The van der Waals surface area contributed by atoms with Crippen molar-refractivity contribution >= 4 is 22.6 Å². The molecule has 2 N–H and O–H groups in total. The summed E-state index contributed by atoms with van der Waals surface area (Å²) in [6.07, 6.45) is 3.52. The lowest BCUT2D eigenvalue weighted by atomic mass is 10.1. The molecule has 0 radical (unpaired) electrons. The number of aromatic nitrogens is 2. The first-order valence-electron chi connectivity index (χ1n) is 5.53. The first kappa shape index (κ1) is 12.3. The summed E-state index contributed by atoms with van der Waals surface area (Å²) in [6, 6.07) is 0.0583. The third-order valence-electron chi connectivity index (χ3n) is 2.40. The van der Waals surface area contributed by atoms with Crippen LogP contribution < -0.4 is 5.32 Å². The van der Waals surface area contributed by atoms with E-state index >= 15 is 0 Å². The van der Waals surface area contributed by atoms with Crippen LogP contribution in [0.1, 0.15) is 26.7 Å². The highest BCUT2D eigenvalue weighted by Crippen LogP contribution is 2.29. The van der Waals surface area contributed by atoms with Gasteiger partial charge in [-0.3, -0.25) is 5.32 Å². The second-order valence-corrected chi connectivity index (χ2v) is 5.67. The zero-order chi connectivity index (χ0) is 12.5. The molecule has 1 aromatic rings. The lowest BCUT2D eigenvalue weighted by Crippen LogP contribution is -2.45. The maximum Gasteiger partial charge on any atom is 0.322 e. The number of urea groups is 1. The van der Waals surface area contributed by atoms with E-state index in [-0.39, 0.29) is 12.1 Å². The fourth-order valence-electron chi connectivity index (χ4n) is 1.57. The molecule has 1 fully saturated rings. The van der Waals surface area contributed by atoms with Crippen LogP contribution in [0.25, 0.3) is 0 Å². The van der Waals surface area contributed by atoms with E-state index in [1.807, 2.05) is 0 Å². The largest absolute Gasteiger partial charge is 0.389 e. The molecular weight excluding hydrogens is 240 g/mol. The fraction of sp³-hybridized carbons (Fsp3) is 0.700. The number of carbonyl (C=O) groups is 1. The number of hydrogen-bond acceptors (Lipinski definition) is 5. The van der Waals surface area contributed by atoms with Crippen molar-refractivity contribution in [1.29, 1.82) is 0 Å². The van der Waals surface area contributed by atoms with E-state index in [4.69, 9.17) is 0 Å². The molecule has 7 heteroatoms. The predicted octanol–water partition coefficient (Wildman–Crippen LogP) is 1.31. The molecule has 0 saturated heterocycles. The Labute approximate surface area is 104 Å². The Bertz CT molecular complexity index is 384. The van der Waals surface area contributed by atoms with Gasteiger partial charge in [-0.25, -0.2) is 4.79 Å². The van der Waals surface area contributed by atoms with Crippen molar-refractivity contribution in [3.63, 3.8) is 0 Å². The Morgan fingerprint density at radius 2 is 2.41 bits per heavy atom. The summed E-state index contributed by atoms with van der Waals surface area (Å²) < 4.78 is 3.68. The van der Waals surface area contributed by atoms with Crippen LogP contribution in [0.15, 0.2) is 6.20 Å². The van der Waals surface area contributed by atoms with Gasteiger partial charge in [0.2, 0.25) is 0 Å². The van der Waals surface area contributed by atoms with Crippen LogP contribution in [0, 0.1) is 0 Å². The quantitative estimate of drug-likeness (QED) is 0.851. The van der Waals surface area contributed by atoms with Crippen molar-refractivity contribution in [2.75, 3.05) is 11.9 Å². The minimum absolute atomic E-state index is 0.194. The van der Waals surface area contributed by atoms with Crippen molar-refractivity contribution in [2.24, 2.45) is 0 Å². The molecule has 1 aliphatic rings. The smallest absolute Gasteiger partial charge is 0.322 e. The molecule has 0 spiro atoms. The van der Waals surface area contributed by atoms with Crippen LogP contribution in [-0.2, 0) is 0 Å². The van der Waals surface area contributed by atoms with Crippen molar-refractivity contribution in [1.82, 2.24) is 14.5 Å². The van der Waals surface area contributed by atoms with E-state index < -0.39 is 5.60 Å². The van der Waals surface area contributed by atoms with Crippen LogP contribution in [0.5, 0.6) is 0 Å². The van der Waals surface area contributed by atoms with Gasteiger partial charge in [0.1, 0.15) is 5.00 Å². The van der Waals surface area contributed by atoms with E-state index in [0.717, 1.165) is 24.4 Å². The molecule has 1 heterocycles. The van der Waals surface area contributed by atoms with Gasteiger partial charge in [-0.15, -0.1) is 5.10 Å². The van der Waals surface area contributed by atoms with E-state index in [0.29, 0.717) is 11.5 Å². The highest BCUT2D eigenvalue weighted by molar-refractivity contribution is 7.10. The van der Waals surface area contributed by atoms with E-state index in [1.54, 1.807) is 18.7 Å². The van der Waals surface area contributed by atoms with Gasteiger partial charge in [-0.05, 0) is 26.7 Å². The highest BCUT2D eigenvalue weighted by Gasteiger charge is 2.35. The number of nitrogens with zero attached hydrogens (tertiary/aromatic N) is 3. The number of rotatable bonds is 4. The van der Waals surface area contributed by atoms with Crippen molar-refractivity contribution in [2.45, 2.75) is 38.3 Å². The number of hydrogen-bond donors (Lipinski definition) is 2. The molecule has 2 rings (SSSR count). The number of nitrogens with one attached hydrogen (secondary N) is 1. The van der Waals surface area contributed by atoms with Gasteiger partial charge >= 0.3 is 6.03 Å². The monoisotopic (exact) mass is 256 g/mol. The number of aliphatic hydroxyl groups is 1. The van der Waals surface area contributed by atoms with E-state index in [2.05, 4.69) is 14.9 Å². The molecule has 2 amide bonds. The minimum atomic E-state index is -0.883. The minimum Gasteiger partial charge on any atom is -0.389 e. The second kappa shape index (κ2) is 4.58. The first-order valence-corrected chi connectivity index (χ1v) is 6.30. The molecule has 0 aromatic carbocycles. The van der Waals surface area contributed by atoms with Gasteiger partial charge in [0, 0.05) is 17.6 Å². The van der Waals surface area contributed by atoms with Crippen LogP contribution in [0.2, 0.25) is 0 Å². The van der Waals surface area contributed by atoms with Crippen molar-refractivity contribution in [3.8, 4) is 0 Å². The van der Waals surface area contributed by atoms with Gasteiger partial charge in [0.05, 0.1) is 18.3 Å². The molecule has 94 valence electrons. The molecule has 0 unspecified atom stereocenters. The number of amides is 2. The van der Waals surface area contributed by atoms with Crippen LogP contribution in [0.4, 0.5) is 9.80 Å². The van der Waals surface area contributed by atoms with Gasteiger partial charge in [-0.2, -0.15) is 0 Å². The lowest BCUT2D eigenvalue weighted by molar-refractivity contribution is 0.0467. The van der Waals surface area contributed by atoms with Gasteiger partial charge in [-0.1, -0.05) is 4.49 Å². The van der Waals surface area contributed by atoms with E-state index in [9.17, 15) is 9.90 Å². The highest BCUT2D eigenvalue weighted by atomic mass is 32.1. The summed E-state index contributed by atoms with van der Waals surface area (Å²) in [5.41, 5.74) is -0.883. The maximum absolute atomic E-state index is 12.0. The molecule has 1 aliphatic carbocycles. The van der Waals surface area contributed by atoms with Crippen molar-refractivity contribution in [3.05, 3.63) is 6.20 Å². The van der Waals surface area contributed by atoms with Crippen LogP contribution >= 0.6 is 11.5 Å². The third-order valence-corrected chi connectivity index (χ3v) is 2.98. The van der Waals surface area contributed by atoms with Crippen LogP contribution in [-0.4, -0.2) is 43.8 Å². The molecule has 6 nitrogen and oxygen atoms in total. The van der Waals surface area contributed by atoms with Gasteiger partial charge < -0.3 is 10.0 Å². The third kappa shape index (κ3) is 3.64. The molecule has 1 aromatic heterocycles. The zero-order valence-corrected chi connectivity index (χ0v) is 10.7. The summed E-state index contributed by atoms with van der Waals surface area (Å²) in [5, 5.41) is 16.8. The van der Waals surface area contributed by atoms with E-state index in [1.165, 1.54) is 6.20 Å². The molecule has 0 aliphatic heterocycles. The second-order valence-electron chi connectivity index (χ2n) is 4.88. The molecule has 1 saturated carbocycles. The average molecular weight is 256 g/mol. The normalized spacial score (nSPS) is 15.7. The van der Waals surface area contributed by atoms with Crippen molar-refractivity contribution < 1.29 is 9.90 Å². The summed E-state index contributed by atoms with van der Waals surface area (Å²) in [7, 11) is 0. The Morgan fingerprint density at radius 3 is 2.88 bits per heavy atom. The average Bonchev–Trinajstić information content (AvgIpc) is 2.93. The molecule has 0 bridgehead atoms. The molecular formula is C10H16N4O2S. The Balaban J connectivity index is 1.98. The summed E-state index contributed by atoms with van der Waals surface area (Å²) >= 11 is 1.14. The number of anilines is 1. The summed E-state index contributed by atoms with van der Waals surface area (Å²) in [5.74, 6) is 0. The first-order chi connectivity index (χ1) is 7.96. The molecule has 0 atom stereocenters. The SMILES string of the molecule is CC(C)(O)CN(C(=O)Nc1cnns1)C1CC1. The lowest BCUT2D eigenvalue weighted by Gasteiger charge is -2.28. The summed E-state index contributed by atoms with van der Waals surface area (Å²) in [6.45, 7) is 3.73. The predicted molar refractivity (Wildman–Crippen MR) is 65.0 cm³/mol. The van der Waals surface area contributed by atoms with Gasteiger partial charge in [0.15, 0.2) is 0 Å². The summed E-state index contributed by atoms with van der Waals surface area (Å²) in [4.78, 5) is 13.7. The molecule has 17 heavy (non-hydrogen) atoms. The Morgan fingerprint density at radius 1 is 1.71 bits per heavy atom. The Kier molecular flexibility index (Phi) is 3.30. The topological polar surface area (TPSA) is 78.4 Å². The zero-order valence-electron chi connectivity index (χ0n) is 9.88. The maximum atomic E-state index is 12.0. The fourth-order valence-corrected chi connectivity index (χ4v) is 1.98. The Hall–Kier alpha value is -1.21. The van der Waals surface area contributed by atoms with Crippen LogP contribution in [0.3, 0.4) is 0 Å². The number of carbonyl (C=O) groups excluding carboxylic acids is 1. The van der Waals surface area contributed by atoms with Gasteiger partial charge in [0.25, 0.3) is 0 Å².